The van der Waals surface area contributed by atoms with E-state index in [9.17, 15) is 27.5 Å². The maximum Gasteiger partial charge on any atom is 0.487 e. The lowest BCUT2D eigenvalue weighted by Gasteiger charge is -2.21. The molecule has 2 aliphatic rings. The van der Waals surface area contributed by atoms with Gasteiger partial charge in [0.05, 0.1) is 30.2 Å². The number of carbonyl (C=O) groups excluding carboxylic acids is 1. The highest BCUT2D eigenvalue weighted by Gasteiger charge is 2.34. The predicted octanol–water partition coefficient (Wildman–Crippen LogP) is 5.29. The van der Waals surface area contributed by atoms with E-state index in [2.05, 4.69) is 35.1 Å². The second-order valence-corrected chi connectivity index (χ2v) is 11.0. The molecule has 1 aliphatic heterocycles. The van der Waals surface area contributed by atoms with Gasteiger partial charge in [0, 0.05) is 64.7 Å². The van der Waals surface area contributed by atoms with Crippen molar-refractivity contribution in [2.75, 3.05) is 23.3 Å². The molecule has 1 aromatic carbocycles. The Labute approximate surface area is 262 Å². The van der Waals surface area contributed by atoms with Gasteiger partial charge in [0.2, 0.25) is 0 Å². The minimum Gasteiger partial charge on any atom is -0.420 e. The van der Waals surface area contributed by atoms with Crippen LogP contribution in [0, 0.1) is 5.82 Å². The summed E-state index contributed by atoms with van der Waals surface area (Å²) in [6.45, 7) is 0.524. The SMILES string of the molecule is O=C(Nc1ccc(OC(F)(F)Cl)cc1)c1cnc(N2CC[C@@H](F)C2)c(-c2cnc3c(c2)-c2nn(-c4ncc(F)cn4)cc2C3O)c1. The third-order valence-electron chi connectivity index (χ3n) is 7.50. The van der Waals surface area contributed by atoms with Crippen LogP contribution in [0.2, 0.25) is 0 Å². The minimum atomic E-state index is -3.88. The van der Waals surface area contributed by atoms with Crippen LogP contribution in [0.1, 0.15) is 34.1 Å². The Hall–Kier alpha value is -5.15. The predicted molar refractivity (Wildman–Crippen MR) is 157 cm³/mol. The number of hydrogen-bond donors (Lipinski definition) is 2. The molecule has 1 aliphatic carbocycles. The summed E-state index contributed by atoms with van der Waals surface area (Å²) in [7, 11) is 0. The lowest BCUT2D eigenvalue weighted by Crippen LogP contribution is -2.22. The van der Waals surface area contributed by atoms with Crippen LogP contribution in [0.15, 0.2) is 67.4 Å². The Balaban J connectivity index is 1.23. The number of amides is 1. The summed E-state index contributed by atoms with van der Waals surface area (Å²) in [5, 5.41) is 18.2. The van der Waals surface area contributed by atoms with E-state index < -0.39 is 29.6 Å². The number of ether oxygens (including phenoxy) is 1. The summed E-state index contributed by atoms with van der Waals surface area (Å²) in [6, 6.07) is 8.52. The zero-order valence-corrected chi connectivity index (χ0v) is 24.2. The van der Waals surface area contributed by atoms with E-state index in [1.165, 1.54) is 47.5 Å². The summed E-state index contributed by atoms with van der Waals surface area (Å²) in [4.78, 5) is 31.9. The molecule has 1 fully saturated rings. The number of fused-ring (bicyclic) bond motifs is 3. The number of carbonyl (C=O) groups is 1. The summed E-state index contributed by atoms with van der Waals surface area (Å²) in [6.07, 6.45) is 4.61. The lowest BCUT2D eigenvalue weighted by atomic mass is 10.0. The highest BCUT2D eigenvalue weighted by atomic mass is 35.5. The Kier molecular flexibility index (Phi) is 7.28. The molecule has 0 radical (unpaired) electrons. The average Bonchev–Trinajstić information content (AvgIpc) is 3.73. The zero-order valence-electron chi connectivity index (χ0n) is 23.4. The number of halogens is 5. The zero-order chi connectivity index (χ0) is 32.2. The molecular formula is C30H21ClF4N8O3. The first kappa shape index (κ1) is 29.6. The number of aliphatic hydroxyl groups is 1. The van der Waals surface area contributed by atoms with Crippen molar-refractivity contribution in [2.45, 2.75) is 24.3 Å². The molecule has 1 amide bonds. The first-order valence-electron chi connectivity index (χ1n) is 13.8. The molecular weight excluding hydrogens is 632 g/mol. The molecule has 5 heterocycles. The number of aromatic nitrogens is 6. The molecule has 0 bridgehead atoms. The van der Waals surface area contributed by atoms with Gasteiger partial charge < -0.3 is 20.1 Å². The van der Waals surface area contributed by atoms with Gasteiger partial charge in [-0.05, 0) is 42.8 Å². The van der Waals surface area contributed by atoms with Crippen LogP contribution < -0.4 is 15.0 Å². The summed E-state index contributed by atoms with van der Waals surface area (Å²) in [5.41, 5.74) is -0.693. The number of nitrogens with one attached hydrogen (secondary N) is 1. The number of nitrogens with zero attached hydrogens (tertiary/aromatic N) is 7. The second kappa shape index (κ2) is 11.3. The molecule has 5 aromatic rings. The molecule has 16 heteroatoms. The lowest BCUT2D eigenvalue weighted by molar-refractivity contribution is -0.0964. The molecule has 4 aromatic heterocycles. The van der Waals surface area contributed by atoms with E-state index >= 15 is 0 Å². The van der Waals surface area contributed by atoms with Crippen LogP contribution >= 0.6 is 11.6 Å². The fourth-order valence-electron chi connectivity index (χ4n) is 5.40. The number of aliphatic hydroxyl groups excluding tert-OH is 1. The largest absolute Gasteiger partial charge is 0.487 e. The molecule has 0 saturated carbocycles. The third kappa shape index (κ3) is 5.70. The van der Waals surface area contributed by atoms with Crippen LogP contribution in [0.4, 0.5) is 29.1 Å². The molecule has 11 nitrogen and oxygen atoms in total. The van der Waals surface area contributed by atoms with Crippen molar-refractivity contribution in [3.05, 3.63) is 90.0 Å². The van der Waals surface area contributed by atoms with Gasteiger partial charge in [-0.2, -0.15) is 5.10 Å². The van der Waals surface area contributed by atoms with Gasteiger partial charge in [-0.15, -0.1) is 8.78 Å². The highest BCUT2D eigenvalue weighted by molar-refractivity contribution is 6.20. The van der Waals surface area contributed by atoms with Crippen molar-refractivity contribution >= 4 is 29.0 Å². The van der Waals surface area contributed by atoms with E-state index in [-0.39, 0.29) is 23.8 Å². The van der Waals surface area contributed by atoms with Crippen LogP contribution in [-0.2, 0) is 0 Å². The van der Waals surface area contributed by atoms with Gasteiger partial charge >= 0.3 is 5.57 Å². The summed E-state index contributed by atoms with van der Waals surface area (Å²) in [5.74, 6) is -0.817. The maximum absolute atomic E-state index is 14.2. The van der Waals surface area contributed by atoms with E-state index in [1.807, 2.05) is 0 Å². The Morgan fingerprint density at radius 3 is 2.50 bits per heavy atom. The van der Waals surface area contributed by atoms with Crippen molar-refractivity contribution in [2.24, 2.45) is 0 Å². The monoisotopic (exact) mass is 652 g/mol. The van der Waals surface area contributed by atoms with Gasteiger partial charge in [0.15, 0.2) is 5.82 Å². The fourth-order valence-corrected chi connectivity index (χ4v) is 5.49. The molecule has 1 unspecified atom stereocenters. The van der Waals surface area contributed by atoms with E-state index in [4.69, 9.17) is 11.6 Å². The van der Waals surface area contributed by atoms with Crippen LogP contribution in [-0.4, -0.2) is 65.6 Å². The topological polar surface area (TPSA) is 131 Å². The van der Waals surface area contributed by atoms with Gasteiger partial charge in [-0.1, -0.05) is 0 Å². The smallest absolute Gasteiger partial charge is 0.420 e. The summed E-state index contributed by atoms with van der Waals surface area (Å²) < 4.78 is 59.1. The van der Waals surface area contributed by atoms with Gasteiger partial charge in [-0.25, -0.2) is 28.4 Å². The number of rotatable bonds is 7. The molecule has 0 spiro atoms. The van der Waals surface area contributed by atoms with Gasteiger partial charge in [0.25, 0.3) is 11.9 Å². The number of anilines is 2. The first-order chi connectivity index (χ1) is 22.0. The number of pyridine rings is 2. The van der Waals surface area contributed by atoms with Crippen molar-refractivity contribution in [1.29, 1.82) is 0 Å². The van der Waals surface area contributed by atoms with Gasteiger partial charge in [-0.3, -0.25) is 9.78 Å². The molecule has 2 N–H and O–H groups in total. The highest BCUT2D eigenvalue weighted by Crippen LogP contribution is 2.44. The fraction of sp³-hybridized carbons (Fsp3) is 0.200. The standard InChI is InChI=1S/C30H21ClF4N8O3/c31-30(34,35)46-20-3-1-19(2-4-20)40-28(45)16-8-21(27(37-10-16)42-6-5-17(32)13-42)15-7-22-24-23(26(44)25(22)36-9-15)14-43(41-24)29-38-11-18(33)12-39-29/h1-4,7-12,14,17,26,44H,5-6,13H2,(H,40,45)/t17-,26?/m1/s1. The molecule has 46 heavy (non-hydrogen) atoms. The van der Waals surface area contributed by atoms with E-state index in [1.54, 1.807) is 17.0 Å². The van der Waals surface area contributed by atoms with Crippen molar-refractivity contribution in [3.63, 3.8) is 0 Å². The third-order valence-corrected chi connectivity index (χ3v) is 7.57. The van der Waals surface area contributed by atoms with Crippen molar-refractivity contribution in [3.8, 4) is 34.1 Å². The first-order valence-corrected chi connectivity index (χ1v) is 14.2. The molecule has 234 valence electrons. The minimum absolute atomic E-state index is 0.104. The summed E-state index contributed by atoms with van der Waals surface area (Å²) >= 11 is 4.81. The quantitative estimate of drug-likeness (QED) is 0.178. The molecule has 7 rings (SSSR count). The number of alkyl halides is 4. The Bertz CT molecular complexity index is 1950. The Morgan fingerprint density at radius 1 is 1.04 bits per heavy atom. The Morgan fingerprint density at radius 2 is 1.80 bits per heavy atom. The van der Waals surface area contributed by atoms with E-state index in [0.29, 0.717) is 58.1 Å². The van der Waals surface area contributed by atoms with Gasteiger partial charge in [0.1, 0.15) is 29.5 Å². The molecule has 1 saturated heterocycles. The number of hydrogen-bond acceptors (Lipinski definition) is 9. The van der Waals surface area contributed by atoms with Crippen LogP contribution in [0.25, 0.3) is 28.3 Å². The average molecular weight is 653 g/mol. The van der Waals surface area contributed by atoms with Crippen LogP contribution in [0.3, 0.4) is 0 Å². The second-order valence-electron chi connectivity index (χ2n) is 10.6. The maximum atomic E-state index is 14.2. The van der Waals surface area contributed by atoms with Crippen LogP contribution in [0.5, 0.6) is 5.75 Å². The number of benzene rings is 1. The molecule has 2 atom stereocenters. The van der Waals surface area contributed by atoms with Crippen molar-refractivity contribution < 1.29 is 32.2 Å². The van der Waals surface area contributed by atoms with E-state index in [0.717, 1.165) is 12.4 Å². The van der Waals surface area contributed by atoms with Crippen molar-refractivity contribution in [1.82, 2.24) is 29.7 Å². The normalized spacial score (nSPS) is 17.1.